The van der Waals surface area contributed by atoms with Crippen molar-refractivity contribution in [3.8, 4) is 0 Å². The van der Waals surface area contributed by atoms with Crippen LogP contribution in [0.2, 0.25) is 0 Å². The van der Waals surface area contributed by atoms with E-state index >= 15 is 0 Å². The molecule has 0 aliphatic rings. The first kappa shape index (κ1) is 15.7. The fourth-order valence-corrected chi connectivity index (χ4v) is 2.65. The Morgan fingerprint density at radius 1 is 1.53 bits per heavy atom. The summed E-state index contributed by atoms with van der Waals surface area (Å²) < 4.78 is 14.0. The highest BCUT2D eigenvalue weighted by molar-refractivity contribution is 7.11. The van der Waals surface area contributed by atoms with E-state index in [9.17, 15) is 4.79 Å². The number of carbonyl (C=O) groups excluding carboxylic acids is 1. The lowest BCUT2D eigenvalue weighted by Crippen LogP contribution is -2.35. The predicted octanol–water partition coefficient (Wildman–Crippen LogP) is 1.76. The number of nitrogens with two attached hydrogens (primary N) is 1. The Bertz CT molecular complexity index is 422. The smallest absolute Gasteiger partial charge is 0.344 e. The molecule has 108 valence electrons. The molecule has 1 unspecified atom stereocenters. The molecular formula is C12H21N3O3S. The van der Waals surface area contributed by atoms with Gasteiger partial charge in [-0.25, -0.2) is 4.79 Å². The normalized spacial score (nSPS) is 12.2. The van der Waals surface area contributed by atoms with E-state index in [1.807, 2.05) is 0 Å². The summed E-state index contributed by atoms with van der Waals surface area (Å²) in [5, 5.41) is 0.746. The summed E-state index contributed by atoms with van der Waals surface area (Å²) >= 11 is 1.22. The third kappa shape index (κ3) is 3.57. The standard InChI is InChI=1S/C12H21N3O3S/c1-5-8(2)15(6-7-17-3)11-9(12(16)18-4)10(13)14-19-11/h8H,5-7H2,1-4H3,(H2,13,14). The van der Waals surface area contributed by atoms with Crippen LogP contribution in [0.3, 0.4) is 0 Å². The Labute approximate surface area is 117 Å². The Hall–Kier alpha value is -1.34. The zero-order valence-corrected chi connectivity index (χ0v) is 12.6. The second-order valence-corrected chi connectivity index (χ2v) is 4.93. The van der Waals surface area contributed by atoms with Crippen molar-refractivity contribution in [2.75, 3.05) is 38.0 Å². The number of rotatable bonds is 7. The summed E-state index contributed by atoms with van der Waals surface area (Å²) in [7, 11) is 2.99. The first-order chi connectivity index (χ1) is 9.06. The van der Waals surface area contributed by atoms with Crippen molar-refractivity contribution < 1.29 is 14.3 Å². The van der Waals surface area contributed by atoms with Crippen LogP contribution in [-0.4, -0.2) is 43.8 Å². The molecule has 7 heteroatoms. The van der Waals surface area contributed by atoms with Crippen molar-refractivity contribution in [3.05, 3.63) is 5.56 Å². The van der Waals surface area contributed by atoms with Crippen molar-refractivity contribution in [2.24, 2.45) is 0 Å². The topological polar surface area (TPSA) is 77.7 Å². The average molecular weight is 287 g/mol. The zero-order valence-electron chi connectivity index (χ0n) is 11.8. The van der Waals surface area contributed by atoms with Crippen LogP contribution in [0.25, 0.3) is 0 Å². The van der Waals surface area contributed by atoms with E-state index in [-0.39, 0.29) is 11.9 Å². The summed E-state index contributed by atoms with van der Waals surface area (Å²) in [6, 6.07) is 0.262. The van der Waals surface area contributed by atoms with Gasteiger partial charge in [-0.3, -0.25) is 0 Å². The number of anilines is 2. The van der Waals surface area contributed by atoms with Crippen LogP contribution in [0.15, 0.2) is 0 Å². The fraction of sp³-hybridized carbons (Fsp3) is 0.667. The molecule has 0 spiro atoms. The fourth-order valence-electron chi connectivity index (χ4n) is 1.72. The number of esters is 1. The summed E-state index contributed by atoms with van der Waals surface area (Å²) in [5.41, 5.74) is 6.12. The molecule has 0 saturated carbocycles. The van der Waals surface area contributed by atoms with Gasteiger partial charge in [-0.15, -0.1) is 0 Å². The molecule has 1 heterocycles. The van der Waals surface area contributed by atoms with Gasteiger partial charge in [0.2, 0.25) is 0 Å². The van der Waals surface area contributed by atoms with Gasteiger partial charge in [-0.05, 0) is 24.9 Å². The second kappa shape index (κ2) is 7.30. The lowest BCUT2D eigenvalue weighted by atomic mass is 10.2. The van der Waals surface area contributed by atoms with Crippen LogP contribution in [0, 0.1) is 0 Å². The van der Waals surface area contributed by atoms with Gasteiger partial charge in [0.1, 0.15) is 10.6 Å². The molecule has 0 aromatic carbocycles. The molecule has 2 N–H and O–H groups in total. The summed E-state index contributed by atoms with van der Waals surface area (Å²) in [6.07, 6.45) is 0.947. The van der Waals surface area contributed by atoms with Gasteiger partial charge in [0.25, 0.3) is 0 Å². The minimum absolute atomic E-state index is 0.220. The van der Waals surface area contributed by atoms with Crippen molar-refractivity contribution in [2.45, 2.75) is 26.3 Å². The maximum Gasteiger partial charge on any atom is 0.344 e. The molecule has 0 aliphatic carbocycles. The summed E-state index contributed by atoms with van der Waals surface area (Å²) in [6.45, 7) is 5.43. The molecule has 1 rings (SSSR count). The van der Waals surface area contributed by atoms with E-state index in [1.165, 1.54) is 18.6 Å². The highest BCUT2D eigenvalue weighted by Gasteiger charge is 2.26. The van der Waals surface area contributed by atoms with Crippen LogP contribution >= 0.6 is 11.5 Å². The minimum Gasteiger partial charge on any atom is -0.465 e. The van der Waals surface area contributed by atoms with Crippen LogP contribution in [0.1, 0.15) is 30.6 Å². The second-order valence-electron chi connectivity index (χ2n) is 4.18. The first-order valence-corrected chi connectivity index (χ1v) is 6.93. The van der Waals surface area contributed by atoms with Crippen molar-refractivity contribution in [1.29, 1.82) is 0 Å². The number of methoxy groups -OCH3 is 2. The van der Waals surface area contributed by atoms with Gasteiger partial charge in [-0.2, -0.15) is 4.37 Å². The third-order valence-electron chi connectivity index (χ3n) is 3.01. The van der Waals surface area contributed by atoms with Gasteiger partial charge in [0.15, 0.2) is 5.82 Å². The van der Waals surface area contributed by atoms with Crippen molar-refractivity contribution in [1.82, 2.24) is 4.37 Å². The zero-order chi connectivity index (χ0) is 14.4. The molecule has 0 radical (unpaired) electrons. The van der Waals surface area contributed by atoms with E-state index in [2.05, 4.69) is 23.1 Å². The number of ether oxygens (including phenoxy) is 2. The Morgan fingerprint density at radius 3 is 2.74 bits per heavy atom. The van der Waals surface area contributed by atoms with E-state index in [0.29, 0.717) is 18.7 Å². The van der Waals surface area contributed by atoms with Crippen LogP contribution in [-0.2, 0) is 9.47 Å². The van der Waals surface area contributed by atoms with Gasteiger partial charge >= 0.3 is 5.97 Å². The Kier molecular flexibility index (Phi) is 6.04. The molecule has 0 fully saturated rings. The molecule has 0 saturated heterocycles. The maximum atomic E-state index is 11.8. The van der Waals surface area contributed by atoms with Crippen LogP contribution < -0.4 is 10.6 Å². The highest BCUT2D eigenvalue weighted by Crippen LogP contribution is 2.32. The van der Waals surface area contributed by atoms with Gasteiger partial charge < -0.3 is 20.1 Å². The monoisotopic (exact) mass is 287 g/mol. The quantitative estimate of drug-likeness (QED) is 0.770. The van der Waals surface area contributed by atoms with Gasteiger partial charge in [0.05, 0.1) is 13.7 Å². The molecule has 6 nitrogen and oxygen atoms in total. The predicted molar refractivity (Wildman–Crippen MR) is 76.8 cm³/mol. The molecule has 0 amide bonds. The average Bonchev–Trinajstić information content (AvgIpc) is 2.79. The molecule has 0 aliphatic heterocycles. The van der Waals surface area contributed by atoms with E-state index in [4.69, 9.17) is 15.2 Å². The first-order valence-electron chi connectivity index (χ1n) is 6.15. The van der Waals surface area contributed by atoms with E-state index in [0.717, 1.165) is 11.4 Å². The molecular weight excluding hydrogens is 266 g/mol. The number of hydrogen-bond acceptors (Lipinski definition) is 7. The number of hydrogen-bond donors (Lipinski definition) is 1. The molecule has 1 atom stereocenters. The highest BCUT2D eigenvalue weighted by atomic mass is 32.1. The number of aromatic nitrogens is 1. The third-order valence-corrected chi connectivity index (χ3v) is 3.91. The molecule has 1 aromatic rings. The van der Waals surface area contributed by atoms with Crippen molar-refractivity contribution in [3.63, 3.8) is 0 Å². The molecule has 0 bridgehead atoms. The SMILES string of the molecule is CCC(C)N(CCOC)c1snc(N)c1C(=O)OC. The van der Waals surface area contributed by atoms with E-state index in [1.54, 1.807) is 7.11 Å². The van der Waals surface area contributed by atoms with E-state index < -0.39 is 5.97 Å². The van der Waals surface area contributed by atoms with Crippen molar-refractivity contribution >= 4 is 28.3 Å². The summed E-state index contributed by atoms with van der Waals surface area (Å²) in [5.74, 6) is -0.232. The summed E-state index contributed by atoms with van der Waals surface area (Å²) in [4.78, 5) is 13.9. The van der Waals surface area contributed by atoms with Crippen LogP contribution in [0.5, 0.6) is 0 Å². The lowest BCUT2D eigenvalue weighted by molar-refractivity contribution is 0.0602. The largest absolute Gasteiger partial charge is 0.465 e. The van der Waals surface area contributed by atoms with Crippen LogP contribution in [0.4, 0.5) is 10.8 Å². The Morgan fingerprint density at radius 2 is 2.21 bits per heavy atom. The Balaban J connectivity index is 3.11. The molecule has 1 aromatic heterocycles. The molecule has 19 heavy (non-hydrogen) atoms. The number of carbonyl (C=O) groups is 1. The minimum atomic E-state index is -0.452. The number of nitrogen functional groups attached to an aromatic ring is 1. The van der Waals surface area contributed by atoms with Gasteiger partial charge in [0, 0.05) is 19.7 Å². The van der Waals surface area contributed by atoms with Gasteiger partial charge in [-0.1, -0.05) is 6.92 Å². The maximum absolute atomic E-state index is 11.8. The lowest BCUT2D eigenvalue weighted by Gasteiger charge is -2.29. The number of nitrogens with zero attached hydrogens (tertiary/aromatic N) is 2.